The van der Waals surface area contributed by atoms with Crippen LogP contribution in [0.5, 0.6) is 5.75 Å². The number of rotatable bonds is 8. The molecule has 1 atom stereocenters. The van der Waals surface area contributed by atoms with Gasteiger partial charge in [0.2, 0.25) is 5.91 Å². The van der Waals surface area contributed by atoms with E-state index < -0.39 is 36.3 Å². The number of nitrogens with one attached hydrogen (secondary N) is 1. The van der Waals surface area contributed by atoms with Gasteiger partial charge in [0.25, 0.3) is 0 Å². The summed E-state index contributed by atoms with van der Waals surface area (Å²) in [6.07, 6.45) is -6.41. The topological polar surface area (TPSA) is 75.6 Å². The predicted octanol–water partition coefficient (Wildman–Crippen LogP) is 2.51. The van der Waals surface area contributed by atoms with E-state index in [4.69, 9.17) is 9.84 Å². The van der Waals surface area contributed by atoms with E-state index in [1.807, 2.05) is 0 Å². The Bertz CT molecular complexity index is 548. The minimum atomic E-state index is -4.70. The van der Waals surface area contributed by atoms with Crippen molar-refractivity contribution in [1.82, 2.24) is 5.32 Å². The first-order chi connectivity index (χ1) is 10.7. The molecule has 0 fully saturated rings. The van der Waals surface area contributed by atoms with E-state index >= 15 is 0 Å². The average molecular weight is 337 g/mol. The molecule has 0 saturated heterocycles. The van der Waals surface area contributed by atoms with Gasteiger partial charge in [-0.2, -0.15) is 13.2 Å². The molecule has 0 bridgehead atoms. The first-order valence-corrected chi connectivity index (χ1v) is 6.64. The molecule has 5 nitrogen and oxygen atoms in total. The number of ether oxygens (including phenoxy) is 1. The minimum absolute atomic E-state index is 0.0356. The third kappa shape index (κ3) is 8.03. The molecule has 0 aliphatic heterocycles. The summed E-state index contributed by atoms with van der Waals surface area (Å²) in [5, 5.41) is 10.5. The maximum Gasteiger partial charge on any atom is 0.391 e. The smallest absolute Gasteiger partial charge is 0.391 e. The number of halogens is 4. The molecule has 9 heteroatoms. The molecule has 0 spiro atoms. The molecule has 1 aromatic rings. The second kappa shape index (κ2) is 8.35. The van der Waals surface area contributed by atoms with Gasteiger partial charge >= 0.3 is 12.1 Å². The Morgan fingerprint density at radius 1 is 1.30 bits per heavy atom. The van der Waals surface area contributed by atoms with Gasteiger partial charge in [0.1, 0.15) is 17.6 Å². The molecule has 1 aromatic carbocycles. The molecule has 2 N–H and O–H groups in total. The highest BCUT2D eigenvalue weighted by atomic mass is 19.4. The monoisotopic (exact) mass is 337 g/mol. The van der Waals surface area contributed by atoms with Gasteiger partial charge in [0, 0.05) is 12.5 Å². The third-order valence-electron chi connectivity index (χ3n) is 2.68. The summed E-state index contributed by atoms with van der Waals surface area (Å²) in [6, 6.07) is 3.29. The maximum absolute atomic E-state index is 12.9. The van der Waals surface area contributed by atoms with E-state index in [1.165, 1.54) is 18.2 Å². The van der Waals surface area contributed by atoms with E-state index in [9.17, 15) is 27.2 Å². The molecule has 0 saturated carbocycles. The van der Waals surface area contributed by atoms with Gasteiger partial charge in [-0.25, -0.2) is 9.18 Å². The summed E-state index contributed by atoms with van der Waals surface area (Å²) in [6.45, 7) is 0.0356. The standard InChI is InChI=1S/C14H15F4NO4/c15-9-3-1-4-10(7-9)23-6-2-5-12(20)19-11(13(21)22)8-14(16,17)18/h1,3-4,7,11H,2,5-6,8H2,(H,19,20)(H,21,22). The van der Waals surface area contributed by atoms with E-state index in [-0.39, 0.29) is 25.2 Å². The van der Waals surface area contributed by atoms with Crippen LogP contribution < -0.4 is 10.1 Å². The quantitative estimate of drug-likeness (QED) is 0.565. The molecule has 1 amide bonds. The van der Waals surface area contributed by atoms with Crippen LogP contribution in [-0.2, 0) is 9.59 Å². The lowest BCUT2D eigenvalue weighted by atomic mass is 10.2. The molecule has 23 heavy (non-hydrogen) atoms. The highest BCUT2D eigenvalue weighted by molar-refractivity contribution is 5.83. The van der Waals surface area contributed by atoms with Crippen molar-refractivity contribution >= 4 is 11.9 Å². The second-order valence-electron chi connectivity index (χ2n) is 4.69. The van der Waals surface area contributed by atoms with Crippen molar-refractivity contribution in [3.05, 3.63) is 30.1 Å². The summed E-state index contributed by atoms with van der Waals surface area (Å²) in [5.41, 5.74) is 0. The normalized spacial score (nSPS) is 12.5. The highest BCUT2D eigenvalue weighted by Crippen LogP contribution is 2.21. The number of amides is 1. The number of carbonyl (C=O) groups is 2. The lowest BCUT2D eigenvalue weighted by Gasteiger charge is -2.16. The summed E-state index contributed by atoms with van der Waals surface area (Å²) in [7, 11) is 0. The Balaban J connectivity index is 2.34. The molecule has 1 unspecified atom stereocenters. The fourth-order valence-electron chi connectivity index (χ4n) is 1.68. The molecule has 0 radical (unpaired) electrons. The van der Waals surface area contributed by atoms with Crippen molar-refractivity contribution in [2.24, 2.45) is 0 Å². The van der Waals surface area contributed by atoms with Crippen LogP contribution in [0.15, 0.2) is 24.3 Å². The summed E-state index contributed by atoms with van der Waals surface area (Å²) in [4.78, 5) is 22.1. The van der Waals surface area contributed by atoms with Gasteiger partial charge in [0.05, 0.1) is 13.0 Å². The summed E-state index contributed by atoms with van der Waals surface area (Å²) in [5.74, 6) is -2.82. The Hall–Kier alpha value is -2.32. The zero-order valence-electron chi connectivity index (χ0n) is 11.9. The van der Waals surface area contributed by atoms with Gasteiger partial charge in [0.15, 0.2) is 0 Å². The van der Waals surface area contributed by atoms with Gasteiger partial charge < -0.3 is 15.2 Å². The van der Waals surface area contributed by atoms with Gasteiger partial charge in [-0.15, -0.1) is 0 Å². The van der Waals surface area contributed by atoms with E-state index in [0.29, 0.717) is 0 Å². The van der Waals surface area contributed by atoms with Crippen LogP contribution in [0, 0.1) is 5.82 Å². The first-order valence-electron chi connectivity index (χ1n) is 6.64. The summed E-state index contributed by atoms with van der Waals surface area (Å²) >= 11 is 0. The molecule has 0 aromatic heterocycles. The Kier molecular flexibility index (Phi) is 6.80. The highest BCUT2D eigenvalue weighted by Gasteiger charge is 2.36. The number of hydrogen-bond donors (Lipinski definition) is 2. The number of aliphatic carboxylic acids is 1. The number of carboxylic acids is 1. The lowest BCUT2D eigenvalue weighted by molar-refractivity contribution is -0.160. The third-order valence-corrected chi connectivity index (χ3v) is 2.68. The minimum Gasteiger partial charge on any atom is -0.493 e. The Morgan fingerprint density at radius 3 is 2.57 bits per heavy atom. The fourth-order valence-corrected chi connectivity index (χ4v) is 1.68. The molecular weight excluding hydrogens is 322 g/mol. The first kappa shape index (κ1) is 18.7. The zero-order valence-corrected chi connectivity index (χ0v) is 11.9. The van der Waals surface area contributed by atoms with Crippen molar-refractivity contribution in [2.45, 2.75) is 31.5 Å². The summed E-state index contributed by atoms with van der Waals surface area (Å²) < 4.78 is 54.6. The van der Waals surface area contributed by atoms with Crippen molar-refractivity contribution in [3.63, 3.8) is 0 Å². The van der Waals surface area contributed by atoms with Crippen molar-refractivity contribution in [2.75, 3.05) is 6.61 Å². The number of carboxylic acid groups (broad SMARTS) is 1. The van der Waals surface area contributed by atoms with Crippen LogP contribution in [0.2, 0.25) is 0 Å². The SMILES string of the molecule is O=C(CCCOc1cccc(F)c1)NC(CC(F)(F)F)C(=O)O. The number of benzene rings is 1. The van der Waals surface area contributed by atoms with Gasteiger partial charge in [-0.3, -0.25) is 4.79 Å². The fraction of sp³-hybridized carbons (Fsp3) is 0.429. The largest absolute Gasteiger partial charge is 0.493 e. The molecule has 1 rings (SSSR count). The van der Waals surface area contributed by atoms with Crippen LogP contribution >= 0.6 is 0 Å². The Labute approximate surface area is 129 Å². The lowest BCUT2D eigenvalue weighted by Crippen LogP contribution is -2.43. The number of alkyl halides is 3. The van der Waals surface area contributed by atoms with Crippen LogP contribution in [-0.4, -0.2) is 35.8 Å². The van der Waals surface area contributed by atoms with E-state index in [0.717, 1.165) is 6.07 Å². The van der Waals surface area contributed by atoms with Crippen LogP contribution in [0.4, 0.5) is 17.6 Å². The van der Waals surface area contributed by atoms with Crippen LogP contribution in [0.3, 0.4) is 0 Å². The Morgan fingerprint density at radius 2 is 2.00 bits per heavy atom. The number of hydrogen-bond acceptors (Lipinski definition) is 3. The van der Waals surface area contributed by atoms with E-state index in [2.05, 4.69) is 0 Å². The van der Waals surface area contributed by atoms with Gasteiger partial charge in [-0.1, -0.05) is 6.07 Å². The van der Waals surface area contributed by atoms with Gasteiger partial charge in [-0.05, 0) is 18.6 Å². The van der Waals surface area contributed by atoms with Crippen molar-refractivity contribution in [3.8, 4) is 5.75 Å². The van der Waals surface area contributed by atoms with Crippen molar-refractivity contribution in [1.29, 1.82) is 0 Å². The van der Waals surface area contributed by atoms with Crippen LogP contribution in [0.25, 0.3) is 0 Å². The second-order valence-corrected chi connectivity index (χ2v) is 4.69. The van der Waals surface area contributed by atoms with Crippen LogP contribution in [0.1, 0.15) is 19.3 Å². The molecular formula is C14H15F4NO4. The zero-order chi connectivity index (χ0) is 17.5. The van der Waals surface area contributed by atoms with Crippen molar-refractivity contribution < 1.29 is 37.0 Å². The molecule has 128 valence electrons. The van der Waals surface area contributed by atoms with E-state index in [1.54, 1.807) is 5.32 Å². The average Bonchev–Trinajstić information content (AvgIpc) is 2.41. The molecule has 0 aliphatic rings. The predicted molar refractivity (Wildman–Crippen MR) is 71.4 cm³/mol. The number of carbonyl (C=O) groups excluding carboxylic acids is 1. The maximum atomic E-state index is 12.9. The molecule has 0 aliphatic carbocycles. The molecule has 0 heterocycles.